The highest BCUT2D eigenvalue weighted by molar-refractivity contribution is 14.1. The number of carbonyl (C=O) groups excluding carboxylic acids is 1. The molecule has 1 saturated heterocycles. The van der Waals surface area contributed by atoms with Gasteiger partial charge in [0.05, 0.1) is 13.0 Å². The average Bonchev–Trinajstić information content (AvgIpc) is 2.68. The molecule has 0 aromatic rings. The Balaban J connectivity index is 1.85. The van der Waals surface area contributed by atoms with Gasteiger partial charge in [0.2, 0.25) is 0 Å². The maximum atomic E-state index is 11.1. The van der Waals surface area contributed by atoms with Crippen molar-refractivity contribution in [2.45, 2.75) is 29.6 Å². The lowest BCUT2D eigenvalue weighted by Crippen LogP contribution is -2.31. The van der Waals surface area contributed by atoms with Crippen LogP contribution >= 0.6 is 22.6 Å². The van der Waals surface area contributed by atoms with E-state index in [1.807, 2.05) is 0 Å². The number of carbonyl (C=O) groups is 1. The van der Waals surface area contributed by atoms with E-state index in [2.05, 4.69) is 22.6 Å². The summed E-state index contributed by atoms with van der Waals surface area (Å²) >= 11 is 2.57. The number of rotatable bonds is 0. The minimum absolute atomic E-state index is 0.0394. The number of hydrogen-bond acceptors (Lipinski definition) is 2. The lowest BCUT2D eigenvalue weighted by Gasteiger charge is -2.32. The third-order valence-electron chi connectivity index (χ3n) is 4.16. The second-order valence-electron chi connectivity index (χ2n) is 4.85. The van der Waals surface area contributed by atoms with Crippen molar-refractivity contribution in [2.24, 2.45) is 17.3 Å². The fourth-order valence-electron chi connectivity index (χ4n) is 3.48. The van der Waals surface area contributed by atoms with Crippen LogP contribution in [0.15, 0.2) is 0 Å². The van der Waals surface area contributed by atoms with Gasteiger partial charge >= 0.3 is 5.97 Å². The van der Waals surface area contributed by atoms with E-state index >= 15 is 0 Å². The summed E-state index contributed by atoms with van der Waals surface area (Å²) in [4.78, 5) is 11.1. The monoisotopic (exact) mass is 292 g/mol. The summed E-state index contributed by atoms with van der Waals surface area (Å²) in [6.07, 6.45) is 4.63. The molecule has 3 heteroatoms. The Morgan fingerprint density at radius 3 is 2.77 bits per heavy atom. The summed E-state index contributed by atoms with van der Waals surface area (Å²) in [7, 11) is 0. The number of fused-ring (bicyclic) bond motifs is 3. The van der Waals surface area contributed by atoms with Crippen molar-refractivity contribution in [3.63, 3.8) is 0 Å². The van der Waals surface area contributed by atoms with Gasteiger partial charge in [-0.3, -0.25) is 4.79 Å². The molecule has 2 bridgehead atoms. The molecule has 3 fully saturated rings. The van der Waals surface area contributed by atoms with Gasteiger partial charge in [0.1, 0.15) is 0 Å². The van der Waals surface area contributed by atoms with Crippen molar-refractivity contribution in [1.82, 2.24) is 0 Å². The molecule has 0 amide bonds. The van der Waals surface area contributed by atoms with E-state index in [0.29, 0.717) is 6.42 Å². The third-order valence-corrected chi connectivity index (χ3v) is 5.69. The number of ether oxygens (including phenoxy) is 1. The van der Waals surface area contributed by atoms with Crippen LogP contribution in [0.3, 0.4) is 0 Å². The smallest absolute Gasteiger partial charge is 0.306 e. The van der Waals surface area contributed by atoms with Crippen LogP contribution in [0, 0.1) is 17.3 Å². The molecule has 13 heavy (non-hydrogen) atoms. The van der Waals surface area contributed by atoms with Crippen molar-refractivity contribution < 1.29 is 9.53 Å². The highest BCUT2D eigenvalue weighted by Gasteiger charge is 2.57. The molecule has 3 rings (SSSR count). The molecule has 2 nitrogen and oxygen atoms in total. The standard InChI is InChI=1S/C10H13IO2/c11-8-2-7-1-6(8)3-10(7)4-9(12)13-5-10/h6-8H,1-5H2. The number of esters is 1. The van der Waals surface area contributed by atoms with Crippen LogP contribution in [0.1, 0.15) is 25.7 Å². The number of cyclic esters (lactones) is 1. The number of halogens is 1. The third kappa shape index (κ3) is 1.09. The molecule has 0 aromatic heterocycles. The van der Waals surface area contributed by atoms with Crippen molar-refractivity contribution in [2.75, 3.05) is 6.61 Å². The fraction of sp³-hybridized carbons (Fsp3) is 0.900. The van der Waals surface area contributed by atoms with E-state index in [9.17, 15) is 4.79 Å². The number of hydrogen-bond donors (Lipinski definition) is 0. The van der Waals surface area contributed by atoms with Crippen LogP contribution in [0.2, 0.25) is 0 Å². The molecule has 0 radical (unpaired) electrons. The zero-order chi connectivity index (χ0) is 9.05. The summed E-state index contributed by atoms with van der Waals surface area (Å²) < 4.78 is 6.00. The molecule has 4 unspecified atom stereocenters. The molecule has 72 valence electrons. The molecule has 1 spiro atoms. The van der Waals surface area contributed by atoms with Crippen LogP contribution < -0.4 is 0 Å². The summed E-state index contributed by atoms with van der Waals surface area (Å²) in [6, 6.07) is 0. The average molecular weight is 292 g/mol. The van der Waals surface area contributed by atoms with Gasteiger partial charge < -0.3 is 4.74 Å². The Morgan fingerprint density at radius 2 is 2.31 bits per heavy atom. The molecule has 0 N–H and O–H groups in total. The first-order valence-electron chi connectivity index (χ1n) is 4.99. The Morgan fingerprint density at radius 1 is 1.46 bits per heavy atom. The zero-order valence-electron chi connectivity index (χ0n) is 7.46. The minimum Gasteiger partial charge on any atom is -0.465 e. The SMILES string of the molecule is O=C1CC2(CO1)CC1CC2CC1I. The van der Waals surface area contributed by atoms with Gasteiger partial charge in [-0.1, -0.05) is 22.6 Å². The largest absolute Gasteiger partial charge is 0.465 e. The van der Waals surface area contributed by atoms with E-state index in [-0.39, 0.29) is 11.4 Å². The Hall–Kier alpha value is 0.200. The highest BCUT2D eigenvalue weighted by Crippen LogP contribution is 2.61. The van der Waals surface area contributed by atoms with E-state index in [4.69, 9.17) is 4.74 Å². The minimum atomic E-state index is 0.0394. The van der Waals surface area contributed by atoms with Crippen molar-refractivity contribution in [1.29, 1.82) is 0 Å². The van der Waals surface area contributed by atoms with Gasteiger partial charge in [-0.2, -0.15) is 0 Å². The van der Waals surface area contributed by atoms with E-state index < -0.39 is 0 Å². The van der Waals surface area contributed by atoms with E-state index in [1.165, 1.54) is 19.3 Å². The van der Waals surface area contributed by atoms with Gasteiger partial charge in [-0.05, 0) is 31.1 Å². The predicted octanol–water partition coefficient (Wildman–Crippen LogP) is 2.15. The Kier molecular flexibility index (Phi) is 1.71. The van der Waals surface area contributed by atoms with Gasteiger partial charge in [0, 0.05) is 9.34 Å². The molecular formula is C10H13IO2. The number of alkyl halides is 1. The van der Waals surface area contributed by atoms with Crippen molar-refractivity contribution >= 4 is 28.6 Å². The molecule has 0 aromatic carbocycles. The zero-order valence-corrected chi connectivity index (χ0v) is 9.62. The Labute approximate surface area is 91.5 Å². The summed E-state index contributed by atoms with van der Waals surface area (Å²) in [5.74, 6) is 1.70. The van der Waals surface area contributed by atoms with Crippen molar-refractivity contribution in [3.8, 4) is 0 Å². The van der Waals surface area contributed by atoms with Gasteiger partial charge in [-0.25, -0.2) is 0 Å². The van der Waals surface area contributed by atoms with Crippen LogP contribution in [0.4, 0.5) is 0 Å². The Bertz CT molecular complexity index is 264. The fourth-order valence-corrected chi connectivity index (χ4v) is 4.64. The van der Waals surface area contributed by atoms with E-state index in [0.717, 1.165) is 22.4 Å². The highest BCUT2D eigenvalue weighted by atomic mass is 127. The van der Waals surface area contributed by atoms with Gasteiger partial charge in [0.25, 0.3) is 0 Å². The molecule has 3 aliphatic rings. The molecule has 4 atom stereocenters. The van der Waals surface area contributed by atoms with Crippen LogP contribution in [-0.2, 0) is 9.53 Å². The van der Waals surface area contributed by atoms with Gasteiger partial charge in [-0.15, -0.1) is 0 Å². The predicted molar refractivity (Wildman–Crippen MR) is 56.6 cm³/mol. The summed E-state index contributed by atoms with van der Waals surface area (Å²) in [5, 5.41) is 0. The first kappa shape index (κ1) is 8.50. The summed E-state index contributed by atoms with van der Waals surface area (Å²) in [6.45, 7) is 0.719. The van der Waals surface area contributed by atoms with E-state index in [1.54, 1.807) is 0 Å². The topological polar surface area (TPSA) is 26.3 Å². The first-order valence-corrected chi connectivity index (χ1v) is 6.24. The normalized spacial score (nSPS) is 53.3. The first-order chi connectivity index (χ1) is 6.20. The maximum absolute atomic E-state index is 11.1. The van der Waals surface area contributed by atoms with Crippen LogP contribution in [0.25, 0.3) is 0 Å². The summed E-state index contributed by atoms with van der Waals surface area (Å²) in [5.41, 5.74) is 0.281. The van der Waals surface area contributed by atoms with Crippen LogP contribution in [0.5, 0.6) is 0 Å². The second kappa shape index (κ2) is 2.61. The van der Waals surface area contributed by atoms with Crippen molar-refractivity contribution in [3.05, 3.63) is 0 Å². The molecule has 2 aliphatic carbocycles. The molecular weight excluding hydrogens is 279 g/mol. The molecule has 2 saturated carbocycles. The quantitative estimate of drug-likeness (QED) is 0.388. The lowest BCUT2D eigenvalue weighted by molar-refractivity contribution is -0.137. The maximum Gasteiger partial charge on any atom is 0.306 e. The molecule has 1 aliphatic heterocycles. The lowest BCUT2D eigenvalue weighted by atomic mass is 9.73. The molecule has 1 heterocycles. The van der Waals surface area contributed by atoms with Gasteiger partial charge in [0.15, 0.2) is 0 Å². The van der Waals surface area contributed by atoms with Crippen LogP contribution in [-0.4, -0.2) is 16.5 Å². The second-order valence-corrected chi connectivity index (χ2v) is 6.45.